The molecule has 3 aromatic rings. The van der Waals surface area contributed by atoms with E-state index in [2.05, 4.69) is 0 Å². The van der Waals surface area contributed by atoms with E-state index in [4.69, 9.17) is 5.11 Å². The summed E-state index contributed by atoms with van der Waals surface area (Å²) in [6, 6.07) is 4.47. The van der Waals surface area contributed by atoms with Crippen LogP contribution in [-0.4, -0.2) is 20.2 Å². The van der Waals surface area contributed by atoms with Crippen molar-refractivity contribution < 1.29 is 18.7 Å². The van der Waals surface area contributed by atoms with Crippen LogP contribution in [0, 0.1) is 11.6 Å². The van der Waals surface area contributed by atoms with Crippen molar-refractivity contribution in [2.45, 2.75) is 32.9 Å². The molecule has 0 fully saturated rings. The Morgan fingerprint density at radius 3 is 2.48 bits per heavy atom. The molecule has 0 aliphatic rings. The predicted molar refractivity (Wildman–Crippen MR) is 97.5 cm³/mol. The van der Waals surface area contributed by atoms with Crippen molar-refractivity contribution in [2.75, 3.05) is 0 Å². The molecule has 1 N–H and O–H groups in total. The summed E-state index contributed by atoms with van der Waals surface area (Å²) < 4.78 is 28.9. The highest BCUT2D eigenvalue weighted by molar-refractivity contribution is 7.18. The fraction of sp³-hybridized carbons (Fsp3) is 0.278. The first-order chi connectivity index (χ1) is 12.7. The second-order valence-corrected chi connectivity index (χ2v) is 7.47. The zero-order valence-electron chi connectivity index (χ0n) is 14.5. The van der Waals surface area contributed by atoms with Gasteiger partial charge in [0.2, 0.25) is 0 Å². The second kappa shape index (κ2) is 7.07. The van der Waals surface area contributed by atoms with E-state index in [9.17, 15) is 23.2 Å². The summed E-state index contributed by atoms with van der Waals surface area (Å²) in [6.07, 6.45) is 0. The molecule has 1 aromatic carbocycles. The number of aromatic nitrogens is 2. The number of carboxylic acid groups (broad SMARTS) is 1. The van der Waals surface area contributed by atoms with E-state index in [0.29, 0.717) is 6.07 Å². The number of benzene rings is 1. The summed E-state index contributed by atoms with van der Waals surface area (Å²) in [5, 5.41) is 9.35. The molecule has 0 unspecified atom stereocenters. The van der Waals surface area contributed by atoms with Crippen LogP contribution in [0.5, 0.6) is 0 Å². The summed E-state index contributed by atoms with van der Waals surface area (Å²) in [5.41, 5.74) is -1.53. The van der Waals surface area contributed by atoms with Crippen LogP contribution in [0.25, 0.3) is 10.2 Å². The molecule has 142 valence electrons. The van der Waals surface area contributed by atoms with Crippen LogP contribution in [0.1, 0.15) is 30.2 Å². The van der Waals surface area contributed by atoms with Crippen LogP contribution in [0.3, 0.4) is 0 Å². The summed E-state index contributed by atoms with van der Waals surface area (Å²) in [7, 11) is 0. The molecule has 0 aliphatic carbocycles. The molecule has 27 heavy (non-hydrogen) atoms. The van der Waals surface area contributed by atoms with Crippen molar-refractivity contribution in [1.82, 2.24) is 9.13 Å². The lowest BCUT2D eigenvalue weighted by atomic mass is 10.1. The average molecular weight is 394 g/mol. The van der Waals surface area contributed by atoms with Crippen LogP contribution < -0.4 is 11.2 Å². The highest BCUT2D eigenvalue weighted by atomic mass is 32.1. The quantitative estimate of drug-likeness (QED) is 0.722. The maximum absolute atomic E-state index is 14.0. The Kier molecular flexibility index (Phi) is 4.97. The van der Waals surface area contributed by atoms with E-state index >= 15 is 0 Å². The van der Waals surface area contributed by atoms with Crippen LogP contribution in [0.2, 0.25) is 0 Å². The number of fused-ring (bicyclic) bond motifs is 1. The van der Waals surface area contributed by atoms with Crippen molar-refractivity contribution >= 4 is 27.5 Å². The SMILES string of the molecule is CC(C)c1cc2c(=O)n(Cc3ccc(F)cc3F)c(=O)n(CC(=O)O)c2s1. The molecule has 0 saturated carbocycles. The second-order valence-electron chi connectivity index (χ2n) is 6.41. The minimum Gasteiger partial charge on any atom is -0.480 e. The molecule has 0 radical (unpaired) electrons. The summed E-state index contributed by atoms with van der Waals surface area (Å²) in [5.74, 6) is -2.82. The summed E-state index contributed by atoms with van der Waals surface area (Å²) in [4.78, 5) is 37.9. The maximum Gasteiger partial charge on any atom is 0.332 e. The third-order valence-electron chi connectivity index (χ3n) is 4.12. The number of thiophene rings is 1. The minimum absolute atomic E-state index is 0.0452. The highest BCUT2D eigenvalue weighted by Gasteiger charge is 2.19. The van der Waals surface area contributed by atoms with Crippen molar-refractivity contribution in [2.24, 2.45) is 0 Å². The van der Waals surface area contributed by atoms with Crippen LogP contribution in [0.4, 0.5) is 8.78 Å². The van der Waals surface area contributed by atoms with Gasteiger partial charge in [0.1, 0.15) is 23.0 Å². The molecular formula is C18H16F2N2O4S. The van der Waals surface area contributed by atoms with E-state index in [1.165, 1.54) is 11.3 Å². The predicted octanol–water partition coefficient (Wildman–Crippen LogP) is 2.76. The van der Waals surface area contributed by atoms with Crippen molar-refractivity contribution in [3.8, 4) is 0 Å². The fourth-order valence-corrected chi connectivity index (χ4v) is 3.88. The molecule has 2 heterocycles. The van der Waals surface area contributed by atoms with Crippen molar-refractivity contribution in [3.63, 3.8) is 0 Å². The zero-order valence-corrected chi connectivity index (χ0v) is 15.3. The smallest absolute Gasteiger partial charge is 0.332 e. The molecule has 0 atom stereocenters. The molecule has 3 rings (SSSR count). The standard InChI is InChI=1S/C18H16F2N2O4S/c1-9(2)14-6-12-16(25)21(7-10-3-4-11(19)5-13(10)20)18(26)22(8-15(23)24)17(12)27-14/h3-6,9H,7-8H2,1-2H3,(H,23,24). The number of aliphatic carboxylic acids is 1. The topological polar surface area (TPSA) is 81.3 Å². The maximum atomic E-state index is 14.0. The van der Waals surface area contributed by atoms with E-state index in [1.807, 2.05) is 13.8 Å². The van der Waals surface area contributed by atoms with Crippen molar-refractivity contribution in [1.29, 1.82) is 0 Å². The number of hydrogen-bond donors (Lipinski definition) is 1. The third kappa shape index (κ3) is 3.55. The fourth-order valence-electron chi connectivity index (χ4n) is 2.74. The van der Waals surface area contributed by atoms with Crippen LogP contribution in [-0.2, 0) is 17.9 Å². The van der Waals surface area contributed by atoms with Gasteiger partial charge in [0.05, 0.1) is 11.9 Å². The number of hydrogen-bond acceptors (Lipinski definition) is 4. The van der Waals surface area contributed by atoms with Crippen LogP contribution >= 0.6 is 11.3 Å². The number of carboxylic acids is 1. The van der Waals surface area contributed by atoms with E-state index < -0.39 is 41.9 Å². The third-order valence-corrected chi connectivity index (χ3v) is 5.58. The van der Waals surface area contributed by atoms with E-state index in [0.717, 1.165) is 26.1 Å². The Bertz CT molecular complexity index is 1160. The molecule has 2 aromatic heterocycles. The highest BCUT2D eigenvalue weighted by Crippen LogP contribution is 2.28. The first-order valence-electron chi connectivity index (χ1n) is 8.11. The Morgan fingerprint density at radius 1 is 1.19 bits per heavy atom. The zero-order chi connectivity index (χ0) is 19.9. The first-order valence-corrected chi connectivity index (χ1v) is 8.93. The van der Waals surface area contributed by atoms with Gasteiger partial charge in [-0.2, -0.15) is 0 Å². The molecule has 6 nitrogen and oxygen atoms in total. The Balaban J connectivity index is 2.27. The van der Waals surface area contributed by atoms with Crippen molar-refractivity contribution in [3.05, 3.63) is 67.2 Å². The van der Waals surface area contributed by atoms with Gasteiger partial charge in [0.15, 0.2) is 0 Å². The van der Waals surface area contributed by atoms with Gasteiger partial charge < -0.3 is 5.11 Å². The lowest BCUT2D eigenvalue weighted by Gasteiger charge is -2.11. The van der Waals surface area contributed by atoms with Gasteiger partial charge in [0, 0.05) is 16.5 Å². The van der Waals surface area contributed by atoms with Gasteiger partial charge in [-0.15, -0.1) is 11.3 Å². The van der Waals surface area contributed by atoms with Gasteiger partial charge in [0.25, 0.3) is 5.56 Å². The molecule has 9 heteroatoms. The van der Waals surface area contributed by atoms with E-state index in [-0.39, 0.29) is 21.7 Å². The van der Waals surface area contributed by atoms with Gasteiger partial charge in [-0.25, -0.2) is 13.6 Å². The number of nitrogens with zero attached hydrogens (tertiary/aromatic N) is 2. The van der Waals surface area contributed by atoms with Gasteiger partial charge >= 0.3 is 11.7 Å². The molecule has 0 amide bonds. The number of rotatable bonds is 5. The monoisotopic (exact) mass is 394 g/mol. The van der Waals surface area contributed by atoms with Gasteiger partial charge in [-0.1, -0.05) is 19.9 Å². The molecule has 0 spiro atoms. The number of halogens is 2. The molecule has 0 bridgehead atoms. The molecular weight excluding hydrogens is 378 g/mol. The Morgan fingerprint density at radius 2 is 1.89 bits per heavy atom. The van der Waals surface area contributed by atoms with Crippen LogP contribution in [0.15, 0.2) is 33.9 Å². The largest absolute Gasteiger partial charge is 0.480 e. The average Bonchev–Trinajstić information content (AvgIpc) is 3.02. The minimum atomic E-state index is -1.24. The lowest BCUT2D eigenvalue weighted by Crippen LogP contribution is -2.41. The molecule has 0 saturated heterocycles. The van der Waals surface area contributed by atoms with Gasteiger partial charge in [-0.3, -0.25) is 18.7 Å². The summed E-state index contributed by atoms with van der Waals surface area (Å²) >= 11 is 1.19. The molecule has 0 aliphatic heterocycles. The van der Waals surface area contributed by atoms with Gasteiger partial charge in [-0.05, 0) is 18.1 Å². The first kappa shape index (κ1) is 19.0. The normalized spacial score (nSPS) is 11.4. The lowest BCUT2D eigenvalue weighted by molar-refractivity contribution is -0.137. The Labute approximate surface area is 155 Å². The summed E-state index contributed by atoms with van der Waals surface area (Å²) in [6.45, 7) is 2.78. The number of carbonyl (C=O) groups is 1. The van der Waals surface area contributed by atoms with E-state index in [1.54, 1.807) is 6.07 Å². The Hall–Kier alpha value is -2.81.